The van der Waals surface area contributed by atoms with Gasteiger partial charge in [-0.15, -0.1) is 0 Å². The highest BCUT2D eigenvalue weighted by atomic mass is 19.4. The van der Waals surface area contributed by atoms with Gasteiger partial charge in [0, 0.05) is 0 Å². The van der Waals surface area contributed by atoms with Gasteiger partial charge in [-0.05, 0) is 19.3 Å². The second-order valence-corrected chi connectivity index (χ2v) is 3.81. The zero-order valence-corrected chi connectivity index (χ0v) is 7.84. The number of carbonyl (C=O) groups is 1. The van der Waals surface area contributed by atoms with E-state index >= 15 is 0 Å². The molecule has 4 nitrogen and oxygen atoms in total. The molecule has 1 fully saturated rings. The topological polar surface area (TPSA) is 69.6 Å². The summed E-state index contributed by atoms with van der Waals surface area (Å²) in [5.74, 6) is 0. The van der Waals surface area contributed by atoms with Crippen molar-refractivity contribution < 1.29 is 28.2 Å². The van der Waals surface area contributed by atoms with E-state index in [-0.39, 0.29) is 19.3 Å². The lowest BCUT2D eigenvalue weighted by molar-refractivity contribution is -0.191. The number of amides is 1. The SMILES string of the molecule is O=C(O)N[C@@H](CO)CC1(C(F)(F)F)CC1. The molecule has 0 aromatic heterocycles. The van der Waals surface area contributed by atoms with Crippen LogP contribution in [0.5, 0.6) is 0 Å². The van der Waals surface area contributed by atoms with Gasteiger partial charge in [-0.3, -0.25) is 0 Å². The van der Waals surface area contributed by atoms with Gasteiger partial charge in [-0.25, -0.2) is 4.79 Å². The molecule has 0 spiro atoms. The monoisotopic (exact) mass is 227 g/mol. The van der Waals surface area contributed by atoms with E-state index in [1.54, 1.807) is 0 Å². The standard InChI is InChI=1S/C8H12F3NO3/c9-8(10,11)7(1-2-7)3-5(4-13)12-6(14)15/h5,12-13H,1-4H2,(H,14,15)/t5-/m1/s1. The van der Waals surface area contributed by atoms with E-state index in [2.05, 4.69) is 0 Å². The fourth-order valence-corrected chi connectivity index (χ4v) is 1.56. The fourth-order valence-electron chi connectivity index (χ4n) is 1.56. The quantitative estimate of drug-likeness (QED) is 0.678. The third-order valence-electron chi connectivity index (χ3n) is 2.64. The predicted molar refractivity (Wildman–Crippen MR) is 44.4 cm³/mol. The number of nitrogens with one attached hydrogen (secondary N) is 1. The third-order valence-corrected chi connectivity index (χ3v) is 2.64. The van der Waals surface area contributed by atoms with Crippen LogP contribution in [-0.2, 0) is 0 Å². The molecular formula is C8H12F3NO3. The van der Waals surface area contributed by atoms with Crippen LogP contribution < -0.4 is 5.32 Å². The Morgan fingerprint density at radius 2 is 2.00 bits per heavy atom. The van der Waals surface area contributed by atoms with Crippen molar-refractivity contribution in [1.82, 2.24) is 5.32 Å². The number of hydrogen-bond donors (Lipinski definition) is 3. The molecular weight excluding hydrogens is 215 g/mol. The summed E-state index contributed by atoms with van der Waals surface area (Å²) in [6.07, 6.45) is -6.12. The van der Waals surface area contributed by atoms with Crippen LogP contribution in [0.2, 0.25) is 0 Å². The number of aliphatic hydroxyl groups is 1. The zero-order valence-electron chi connectivity index (χ0n) is 7.84. The van der Waals surface area contributed by atoms with Gasteiger partial charge in [-0.1, -0.05) is 0 Å². The summed E-state index contributed by atoms with van der Waals surface area (Å²) in [7, 11) is 0. The predicted octanol–water partition coefficient (Wildman–Crippen LogP) is 1.35. The van der Waals surface area contributed by atoms with E-state index < -0.39 is 30.3 Å². The largest absolute Gasteiger partial charge is 0.465 e. The molecule has 0 aromatic rings. The number of hydrogen-bond acceptors (Lipinski definition) is 2. The molecule has 0 aliphatic heterocycles. The van der Waals surface area contributed by atoms with Gasteiger partial charge in [0.15, 0.2) is 0 Å². The Morgan fingerprint density at radius 1 is 1.47 bits per heavy atom. The van der Waals surface area contributed by atoms with Crippen molar-refractivity contribution >= 4 is 6.09 Å². The van der Waals surface area contributed by atoms with Gasteiger partial charge in [0.05, 0.1) is 18.1 Å². The van der Waals surface area contributed by atoms with Crippen molar-refractivity contribution in [2.75, 3.05) is 6.61 Å². The Kier molecular flexibility index (Phi) is 3.13. The summed E-state index contributed by atoms with van der Waals surface area (Å²) in [6.45, 7) is -0.621. The first-order chi connectivity index (χ1) is 6.81. The minimum Gasteiger partial charge on any atom is -0.465 e. The van der Waals surface area contributed by atoms with Gasteiger partial charge in [0.1, 0.15) is 0 Å². The molecule has 0 radical (unpaired) electrons. The van der Waals surface area contributed by atoms with E-state index in [1.807, 2.05) is 5.32 Å². The first kappa shape index (κ1) is 12.1. The van der Waals surface area contributed by atoms with E-state index in [0.29, 0.717) is 0 Å². The van der Waals surface area contributed by atoms with E-state index in [0.717, 1.165) is 0 Å². The van der Waals surface area contributed by atoms with Crippen LogP contribution in [0.1, 0.15) is 19.3 Å². The van der Waals surface area contributed by atoms with Crippen molar-refractivity contribution in [3.63, 3.8) is 0 Å². The lowest BCUT2D eigenvalue weighted by atomic mass is 9.96. The van der Waals surface area contributed by atoms with Gasteiger partial charge in [-0.2, -0.15) is 13.2 Å². The number of aliphatic hydroxyl groups excluding tert-OH is 1. The van der Waals surface area contributed by atoms with E-state index in [1.165, 1.54) is 0 Å². The number of alkyl halides is 3. The summed E-state index contributed by atoms with van der Waals surface area (Å²) in [6, 6.07) is -1.05. The Labute approximate surface area is 84.1 Å². The van der Waals surface area contributed by atoms with Crippen LogP contribution in [0.3, 0.4) is 0 Å². The van der Waals surface area contributed by atoms with Gasteiger partial charge >= 0.3 is 12.3 Å². The molecule has 1 aliphatic rings. The highest BCUT2D eigenvalue weighted by molar-refractivity contribution is 5.64. The highest BCUT2D eigenvalue weighted by Gasteiger charge is 2.63. The number of carboxylic acid groups (broad SMARTS) is 1. The fraction of sp³-hybridized carbons (Fsp3) is 0.875. The second-order valence-electron chi connectivity index (χ2n) is 3.81. The molecule has 0 aromatic carbocycles. The van der Waals surface area contributed by atoms with Crippen molar-refractivity contribution in [2.24, 2.45) is 5.41 Å². The van der Waals surface area contributed by atoms with E-state index in [9.17, 15) is 18.0 Å². The number of rotatable bonds is 4. The normalized spacial score (nSPS) is 20.8. The first-order valence-electron chi connectivity index (χ1n) is 4.48. The van der Waals surface area contributed by atoms with Crippen LogP contribution in [0.25, 0.3) is 0 Å². The van der Waals surface area contributed by atoms with Gasteiger partial charge in [0.25, 0.3) is 0 Å². The van der Waals surface area contributed by atoms with Crippen LogP contribution in [0.4, 0.5) is 18.0 Å². The number of halogens is 3. The molecule has 0 bridgehead atoms. The first-order valence-corrected chi connectivity index (χ1v) is 4.48. The van der Waals surface area contributed by atoms with Gasteiger partial charge in [0.2, 0.25) is 0 Å². The molecule has 1 saturated carbocycles. The highest BCUT2D eigenvalue weighted by Crippen LogP contribution is 2.60. The molecule has 7 heteroatoms. The van der Waals surface area contributed by atoms with Crippen molar-refractivity contribution in [2.45, 2.75) is 31.5 Å². The molecule has 15 heavy (non-hydrogen) atoms. The summed E-state index contributed by atoms with van der Waals surface area (Å²) in [5.41, 5.74) is -1.79. The molecule has 0 unspecified atom stereocenters. The minimum atomic E-state index is -4.32. The molecule has 88 valence electrons. The average Bonchev–Trinajstić information content (AvgIpc) is 2.82. The van der Waals surface area contributed by atoms with Crippen molar-refractivity contribution in [3.8, 4) is 0 Å². The molecule has 3 N–H and O–H groups in total. The Morgan fingerprint density at radius 3 is 2.27 bits per heavy atom. The summed E-state index contributed by atoms with van der Waals surface area (Å²) in [4.78, 5) is 10.2. The van der Waals surface area contributed by atoms with Crippen LogP contribution >= 0.6 is 0 Å². The average molecular weight is 227 g/mol. The maximum Gasteiger partial charge on any atom is 0.404 e. The summed E-state index contributed by atoms with van der Waals surface area (Å²) >= 11 is 0. The summed E-state index contributed by atoms with van der Waals surface area (Å²) in [5, 5.41) is 18.9. The lowest BCUT2D eigenvalue weighted by Gasteiger charge is -2.23. The Balaban J connectivity index is 2.56. The Bertz CT molecular complexity index is 250. The Hall–Kier alpha value is -0.980. The van der Waals surface area contributed by atoms with Crippen LogP contribution in [0, 0.1) is 5.41 Å². The maximum absolute atomic E-state index is 12.5. The minimum absolute atomic E-state index is 0.00823. The van der Waals surface area contributed by atoms with Crippen LogP contribution in [0.15, 0.2) is 0 Å². The maximum atomic E-state index is 12.5. The summed E-state index contributed by atoms with van der Waals surface area (Å²) < 4.78 is 37.4. The van der Waals surface area contributed by atoms with Crippen molar-refractivity contribution in [3.05, 3.63) is 0 Å². The molecule has 1 aliphatic carbocycles. The van der Waals surface area contributed by atoms with Gasteiger partial charge < -0.3 is 15.5 Å². The smallest absolute Gasteiger partial charge is 0.404 e. The molecule has 1 rings (SSSR count). The third kappa shape index (κ3) is 2.74. The lowest BCUT2D eigenvalue weighted by Crippen LogP contribution is -2.41. The van der Waals surface area contributed by atoms with E-state index in [4.69, 9.17) is 10.2 Å². The second kappa shape index (κ2) is 3.88. The van der Waals surface area contributed by atoms with Crippen LogP contribution in [-0.4, -0.2) is 35.1 Å². The van der Waals surface area contributed by atoms with Crippen molar-refractivity contribution in [1.29, 1.82) is 0 Å². The molecule has 0 saturated heterocycles. The molecule has 1 amide bonds. The molecule has 1 atom stereocenters. The molecule has 0 heterocycles. The zero-order chi connectivity index (χ0) is 11.7.